The van der Waals surface area contributed by atoms with E-state index in [2.05, 4.69) is 15.6 Å². The summed E-state index contributed by atoms with van der Waals surface area (Å²) in [4.78, 5) is 16.4. The Hall–Kier alpha value is -1.63. The standard InChI is InChI=1S/C13H21N3O3S/c1-9(2)11-7-10(8-12(14-3)16-11)13(17)15-5-6-20(4,18)19/h7-9H,5-6H2,1-4H3,(H,14,16)(H,15,17). The van der Waals surface area contributed by atoms with Gasteiger partial charge in [0.15, 0.2) is 0 Å². The minimum absolute atomic E-state index is 0.0697. The predicted molar refractivity (Wildman–Crippen MR) is 79.9 cm³/mol. The molecule has 0 radical (unpaired) electrons. The summed E-state index contributed by atoms with van der Waals surface area (Å²) < 4.78 is 22.0. The minimum atomic E-state index is -3.08. The molecular formula is C13H21N3O3S. The first-order chi connectivity index (χ1) is 9.23. The topological polar surface area (TPSA) is 88.2 Å². The number of sulfone groups is 1. The number of amides is 1. The summed E-state index contributed by atoms with van der Waals surface area (Å²) in [5, 5.41) is 5.51. The Morgan fingerprint density at radius 3 is 2.50 bits per heavy atom. The summed E-state index contributed by atoms with van der Waals surface area (Å²) in [5.74, 6) is 0.449. The third-order valence-electron chi connectivity index (χ3n) is 2.71. The summed E-state index contributed by atoms with van der Waals surface area (Å²) >= 11 is 0. The van der Waals surface area contributed by atoms with Crippen LogP contribution in [0.5, 0.6) is 0 Å². The van der Waals surface area contributed by atoms with Crippen LogP contribution in [0, 0.1) is 0 Å². The van der Waals surface area contributed by atoms with Gasteiger partial charge in [-0.15, -0.1) is 0 Å². The first kappa shape index (κ1) is 16.4. The Labute approximate surface area is 119 Å². The lowest BCUT2D eigenvalue weighted by atomic mass is 10.1. The van der Waals surface area contributed by atoms with Crippen LogP contribution in [0.3, 0.4) is 0 Å². The molecule has 7 heteroatoms. The molecule has 0 aliphatic carbocycles. The molecule has 1 aromatic heterocycles. The van der Waals surface area contributed by atoms with Crippen molar-refractivity contribution in [3.05, 3.63) is 23.4 Å². The monoisotopic (exact) mass is 299 g/mol. The van der Waals surface area contributed by atoms with Gasteiger partial charge in [-0.05, 0) is 18.1 Å². The SMILES string of the molecule is CNc1cc(C(=O)NCCS(C)(=O)=O)cc(C(C)C)n1. The molecule has 0 fully saturated rings. The molecule has 0 spiro atoms. The van der Waals surface area contributed by atoms with Crippen molar-refractivity contribution in [1.29, 1.82) is 0 Å². The number of hydrogen-bond donors (Lipinski definition) is 2. The van der Waals surface area contributed by atoms with Gasteiger partial charge in [0.1, 0.15) is 15.7 Å². The number of nitrogens with zero attached hydrogens (tertiary/aromatic N) is 1. The number of aromatic nitrogens is 1. The summed E-state index contributed by atoms with van der Waals surface area (Å²) in [6, 6.07) is 3.36. The minimum Gasteiger partial charge on any atom is -0.373 e. The van der Waals surface area contributed by atoms with Gasteiger partial charge in [-0.3, -0.25) is 4.79 Å². The quantitative estimate of drug-likeness (QED) is 0.819. The van der Waals surface area contributed by atoms with E-state index in [0.717, 1.165) is 11.9 Å². The second-order valence-corrected chi connectivity index (χ2v) is 7.22. The Kier molecular flexibility index (Phi) is 5.50. The fraction of sp³-hybridized carbons (Fsp3) is 0.538. The lowest BCUT2D eigenvalue weighted by Gasteiger charge is -2.11. The molecule has 1 heterocycles. The number of rotatable bonds is 6. The van der Waals surface area contributed by atoms with Crippen molar-refractivity contribution in [3.63, 3.8) is 0 Å². The molecule has 0 unspecified atom stereocenters. The van der Waals surface area contributed by atoms with Gasteiger partial charge in [0, 0.05) is 31.1 Å². The fourth-order valence-corrected chi connectivity index (χ4v) is 2.03. The summed E-state index contributed by atoms with van der Waals surface area (Å²) in [5.41, 5.74) is 1.28. The van der Waals surface area contributed by atoms with E-state index in [-0.39, 0.29) is 24.1 Å². The summed E-state index contributed by atoms with van der Waals surface area (Å²) in [6.45, 7) is 4.09. The first-order valence-electron chi connectivity index (χ1n) is 6.38. The van der Waals surface area contributed by atoms with E-state index in [1.54, 1.807) is 19.2 Å². The van der Waals surface area contributed by atoms with Crippen LogP contribution in [0.1, 0.15) is 35.8 Å². The Morgan fingerprint density at radius 2 is 2.00 bits per heavy atom. The molecule has 0 atom stereocenters. The Morgan fingerprint density at radius 1 is 1.35 bits per heavy atom. The maximum absolute atomic E-state index is 12.0. The van der Waals surface area contributed by atoms with Crippen LogP contribution < -0.4 is 10.6 Å². The maximum Gasteiger partial charge on any atom is 0.251 e. The number of anilines is 1. The van der Waals surface area contributed by atoms with Crippen molar-refractivity contribution >= 4 is 21.6 Å². The lowest BCUT2D eigenvalue weighted by molar-refractivity contribution is 0.0956. The maximum atomic E-state index is 12.0. The van der Waals surface area contributed by atoms with Crippen molar-refractivity contribution in [3.8, 4) is 0 Å². The van der Waals surface area contributed by atoms with Gasteiger partial charge in [0.05, 0.1) is 5.75 Å². The molecule has 0 aromatic carbocycles. The lowest BCUT2D eigenvalue weighted by Crippen LogP contribution is -2.29. The van der Waals surface area contributed by atoms with E-state index >= 15 is 0 Å². The van der Waals surface area contributed by atoms with Gasteiger partial charge in [0.2, 0.25) is 0 Å². The van der Waals surface area contributed by atoms with E-state index in [9.17, 15) is 13.2 Å². The van der Waals surface area contributed by atoms with Gasteiger partial charge in [0.25, 0.3) is 5.91 Å². The zero-order valence-electron chi connectivity index (χ0n) is 12.2. The molecule has 0 saturated heterocycles. The van der Waals surface area contributed by atoms with Crippen LogP contribution in [0.15, 0.2) is 12.1 Å². The van der Waals surface area contributed by atoms with E-state index in [1.165, 1.54) is 0 Å². The number of pyridine rings is 1. The molecule has 1 aromatic rings. The molecule has 0 saturated carbocycles. The normalized spacial score (nSPS) is 11.4. The molecule has 2 N–H and O–H groups in total. The average Bonchev–Trinajstić information content (AvgIpc) is 2.36. The summed E-state index contributed by atoms with van der Waals surface area (Å²) in [6.07, 6.45) is 1.14. The molecule has 112 valence electrons. The van der Waals surface area contributed by atoms with Gasteiger partial charge >= 0.3 is 0 Å². The molecule has 20 heavy (non-hydrogen) atoms. The highest BCUT2D eigenvalue weighted by Gasteiger charge is 2.12. The third-order valence-corrected chi connectivity index (χ3v) is 3.66. The van der Waals surface area contributed by atoms with E-state index in [0.29, 0.717) is 11.4 Å². The highest BCUT2D eigenvalue weighted by Crippen LogP contribution is 2.17. The zero-order valence-corrected chi connectivity index (χ0v) is 13.0. The van der Waals surface area contributed by atoms with E-state index in [4.69, 9.17) is 0 Å². The van der Waals surface area contributed by atoms with Gasteiger partial charge in [-0.2, -0.15) is 0 Å². The predicted octanol–water partition coefficient (Wildman–Crippen LogP) is 1.02. The highest BCUT2D eigenvalue weighted by molar-refractivity contribution is 7.90. The smallest absolute Gasteiger partial charge is 0.251 e. The molecule has 1 amide bonds. The van der Waals surface area contributed by atoms with E-state index < -0.39 is 9.84 Å². The highest BCUT2D eigenvalue weighted by atomic mass is 32.2. The van der Waals surface area contributed by atoms with Crippen molar-refractivity contribution in [1.82, 2.24) is 10.3 Å². The number of carbonyl (C=O) groups excluding carboxylic acids is 1. The first-order valence-corrected chi connectivity index (χ1v) is 8.44. The zero-order chi connectivity index (χ0) is 15.3. The van der Waals surface area contributed by atoms with Crippen molar-refractivity contribution in [2.75, 3.05) is 30.9 Å². The van der Waals surface area contributed by atoms with Gasteiger partial charge < -0.3 is 10.6 Å². The summed E-state index contributed by atoms with van der Waals surface area (Å²) in [7, 11) is -1.34. The fourth-order valence-electron chi connectivity index (χ4n) is 1.56. The molecule has 0 aliphatic heterocycles. The number of carbonyl (C=O) groups is 1. The average molecular weight is 299 g/mol. The van der Waals surface area contributed by atoms with Crippen LogP contribution in [0.2, 0.25) is 0 Å². The Balaban J connectivity index is 2.84. The van der Waals surface area contributed by atoms with Gasteiger partial charge in [-0.1, -0.05) is 13.8 Å². The van der Waals surface area contributed by atoms with Crippen LogP contribution in [-0.4, -0.2) is 44.9 Å². The van der Waals surface area contributed by atoms with Crippen molar-refractivity contribution in [2.45, 2.75) is 19.8 Å². The third kappa shape index (κ3) is 5.16. The molecule has 0 aliphatic rings. The van der Waals surface area contributed by atoms with Crippen LogP contribution in [-0.2, 0) is 9.84 Å². The van der Waals surface area contributed by atoms with Crippen molar-refractivity contribution in [2.24, 2.45) is 0 Å². The van der Waals surface area contributed by atoms with Crippen LogP contribution in [0.25, 0.3) is 0 Å². The number of hydrogen-bond acceptors (Lipinski definition) is 5. The second-order valence-electron chi connectivity index (χ2n) is 4.96. The molecular weight excluding hydrogens is 278 g/mol. The van der Waals surface area contributed by atoms with Gasteiger partial charge in [-0.25, -0.2) is 13.4 Å². The van der Waals surface area contributed by atoms with Crippen LogP contribution >= 0.6 is 0 Å². The second kappa shape index (κ2) is 6.69. The number of nitrogens with one attached hydrogen (secondary N) is 2. The largest absolute Gasteiger partial charge is 0.373 e. The van der Waals surface area contributed by atoms with Crippen LogP contribution in [0.4, 0.5) is 5.82 Å². The van der Waals surface area contributed by atoms with E-state index in [1.807, 2.05) is 13.8 Å². The Bertz CT molecular complexity index is 583. The molecule has 0 bridgehead atoms. The molecule has 6 nitrogen and oxygen atoms in total. The molecule has 1 rings (SSSR count). The van der Waals surface area contributed by atoms with Crippen molar-refractivity contribution < 1.29 is 13.2 Å².